The van der Waals surface area contributed by atoms with Gasteiger partial charge in [0.15, 0.2) is 0 Å². The van der Waals surface area contributed by atoms with Crippen LogP contribution in [-0.4, -0.2) is 48.2 Å². The molecule has 37 heavy (non-hydrogen) atoms. The zero-order valence-electron chi connectivity index (χ0n) is 20.4. The highest BCUT2D eigenvalue weighted by Crippen LogP contribution is 2.31. The Morgan fingerprint density at radius 3 is 2.38 bits per heavy atom. The maximum Gasteiger partial charge on any atom is 0.416 e. The van der Waals surface area contributed by atoms with Gasteiger partial charge in [-0.3, -0.25) is 9.78 Å². The number of halogens is 3. The highest BCUT2D eigenvalue weighted by Gasteiger charge is 2.30. The van der Waals surface area contributed by atoms with E-state index < -0.39 is 11.7 Å². The predicted molar refractivity (Wildman–Crippen MR) is 134 cm³/mol. The number of nitrogens with one attached hydrogen (secondary N) is 2. The van der Waals surface area contributed by atoms with Crippen LogP contribution in [0.5, 0.6) is 5.75 Å². The molecule has 0 radical (unpaired) electrons. The van der Waals surface area contributed by atoms with Crippen molar-refractivity contribution >= 4 is 11.6 Å². The number of ether oxygens (including phenoxy) is 1. The monoisotopic (exact) mass is 513 g/mol. The second-order valence-electron chi connectivity index (χ2n) is 8.87. The number of carbonyl (C=O) groups is 1. The van der Waals surface area contributed by atoms with E-state index in [9.17, 15) is 18.0 Å². The lowest BCUT2D eigenvalue weighted by molar-refractivity contribution is -0.137. The number of alkyl halides is 3. The molecule has 196 valence electrons. The molecule has 7 nitrogen and oxygen atoms in total. The first-order valence-corrected chi connectivity index (χ1v) is 12.3. The van der Waals surface area contributed by atoms with Crippen molar-refractivity contribution in [2.45, 2.75) is 38.1 Å². The zero-order chi connectivity index (χ0) is 26.1. The molecule has 10 heteroatoms. The molecule has 1 amide bonds. The molecule has 3 aromatic rings. The number of nitrogens with zero attached hydrogens (tertiary/aromatic N) is 3. The van der Waals surface area contributed by atoms with E-state index in [1.807, 2.05) is 12.1 Å². The quantitative estimate of drug-likeness (QED) is 0.390. The Kier molecular flexibility index (Phi) is 8.95. The minimum absolute atomic E-state index is 0.0215. The normalized spacial score (nSPS) is 14.4. The van der Waals surface area contributed by atoms with Gasteiger partial charge in [0.25, 0.3) is 5.91 Å². The van der Waals surface area contributed by atoms with Gasteiger partial charge in [0.2, 0.25) is 0 Å². The van der Waals surface area contributed by atoms with Gasteiger partial charge in [0, 0.05) is 57.1 Å². The summed E-state index contributed by atoms with van der Waals surface area (Å²) in [6.07, 6.45) is 2.98. The van der Waals surface area contributed by atoms with Gasteiger partial charge in [0.1, 0.15) is 17.5 Å². The topological polar surface area (TPSA) is 79.4 Å². The second-order valence-corrected chi connectivity index (χ2v) is 8.87. The molecule has 0 spiro atoms. The van der Waals surface area contributed by atoms with Gasteiger partial charge in [0.05, 0.1) is 11.8 Å². The van der Waals surface area contributed by atoms with Crippen molar-refractivity contribution in [1.82, 2.24) is 20.6 Å². The minimum Gasteiger partial charge on any atom is -0.489 e. The lowest BCUT2D eigenvalue weighted by atomic mass is 10.1. The standard InChI is InChI=1S/C27H30F3N5O2/c28-27(29,30)21-2-4-22(5-3-21)35-16-10-23(11-17-35)37-24-6-7-25(34-19-24)26(36)33-13-1-12-32-18-20-8-14-31-15-9-20/h2-9,14-15,19,23,32H,1,10-13,16-18H2,(H,33,36). The summed E-state index contributed by atoms with van der Waals surface area (Å²) >= 11 is 0. The Morgan fingerprint density at radius 2 is 1.73 bits per heavy atom. The molecule has 1 aliphatic rings. The molecular weight excluding hydrogens is 483 g/mol. The molecule has 2 N–H and O–H groups in total. The first-order chi connectivity index (χ1) is 17.9. The van der Waals surface area contributed by atoms with Crippen molar-refractivity contribution in [3.05, 3.63) is 83.9 Å². The maximum absolute atomic E-state index is 12.8. The van der Waals surface area contributed by atoms with Crippen LogP contribution in [-0.2, 0) is 12.7 Å². The van der Waals surface area contributed by atoms with Crippen LogP contribution in [0.25, 0.3) is 0 Å². The van der Waals surface area contributed by atoms with Gasteiger partial charge >= 0.3 is 6.18 Å². The first kappa shape index (κ1) is 26.4. The Balaban J connectivity index is 1.14. The highest BCUT2D eigenvalue weighted by molar-refractivity contribution is 5.92. The van der Waals surface area contributed by atoms with Gasteiger partial charge in [-0.1, -0.05) is 0 Å². The number of hydrogen-bond donors (Lipinski definition) is 2. The molecule has 1 aliphatic heterocycles. The van der Waals surface area contributed by atoms with E-state index in [0.29, 0.717) is 31.1 Å². The molecule has 0 saturated carbocycles. The second kappa shape index (κ2) is 12.5. The predicted octanol–water partition coefficient (Wildman–Crippen LogP) is 4.45. The SMILES string of the molecule is O=C(NCCCNCc1ccncc1)c1ccc(OC2CCN(c3ccc(C(F)(F)F)cc3)CC2)cn1. The van der Waals surface area contributed by atoms with Crippen LogP contribution in [0.4, 0.5) is 18.9 Å². The summed E-state index contributed by atoms with van der Waals surface area (Å²) in [4.78, 5) is 22.6. The number of aromatic nitrogens is 2. The Hall–Kier alpha value is -3.66. The molecule has 0 bridgehead atoms. The summed E-state index contributed by atoms with van der Waals surface area (Å²) in [6, 6.07) is 12.5. The van der Waals surface area contributed by atoms with Crippen LogP contribution in [0.3, 0.4) is 0 Å². The smallest absolute Gasteiger partial charge is 0.416 e. The molecule has 2 aromatic heterocycles. The zero-order valence-corrected chi connectivity index (χ0v) is 20.4. The van der Waals surface area contributed by atoms with Gasteiger partial charge in [-0.2, -0.15) is 13.2 Å². The summed E-state index contributed by atoms with van der Waals surface area (Å²) in [5.41, 5.74) is 1.62. The van der Waals surface area contributed by atoms with Crippen molar-refractivity contribution in [3.8, 4) is 5.75 Å². The number of pyridine rings is 2. The number of piperidine rings is 1. The van der Waals surface area contributed by atoms with Gasteiger partial charge < -0.3 is 20.3 Å². The minimum atomic E-state index is -4.33. The molecular formula is C27H30F3N5O2. The lowest BCUT2D eigenvalue weighted by Gasteiger charge is -2.33. The van der Waals surface area contributed by atoms with E-state index in [4.69, 9.17) is 4.74 Å². The number of hydrogen-bond acceptors (Lipinski definition) is 6. The van der Waals surface area contributed by atoms with Crippen molar-refractivity contribution in [2.24, 2.45) is 0 Å². The third-order valence-electron chi connectivity index (χ3n) is 6.17. The van der Waals surface area contributed by atoms with E-state index in [1.54, 1.807) is 30.7 Å². The number of anilines is 1. The number of benzene rings is 1. The molecule has 1 saturated heterocycles. The van der Waals surface area contributed by atoms with Crippen molar-refractivity contribution in [1.29, 1.82) is 0 Å². The fourth-order valence-corrected chi connectivity index (χ4v) is 4.11. The van der Waals surface area contributed by atoms with Crippen molar-refractivity contribution < 1.29 is 22.7 Å². The Labute approximate surface area is 214 Å². The average Bonchev–Trinajstić information content (AvgIpc) is 2.91. The third kappa shape index (κ3) is 7.91. The van der Waals surface area contributed by atoms with Crippen LogP contribution in [0.1, 0.15) is 40.9 Å². The van der Waals surface area contributed by atoms with Crippen LogP contribution in [0.15, 0.2) is 67.1 Å². The summed E-state index contributed by atoms with van der Waals surface area (Å²) in [5, 5.41) is 6.20. The van der Waals surface area contributed by atoms with Gasteiger partial charge in [-0.05, 0) is 67.1 Å². The van der Waals surface area contributed by atoms with E-state index in [2.05, 4.69) is 25.5 Å². The van der Waals surface area contributed by atoms with Crippen LogP contribution in [0, 0.1) is 0 Å². The van der Waals surface area contributed by atoms with E-state index in [1.165, 1.54) is 12.1 Å². The van der Waals surface area contributed by atoms with Gasteiger partial charge in [-0.15, -0.1) is 0 Å². The summed E-state index contributed by atoms with van der Waals surface area (Å²) in [6.45, 7) is 3.44. The number of carbonyl (C=O) groups excluding carboxylic acids is 1. The van der Waals surface area contributed by atoms with Crippen LogP contribution >= 0.6 is 0 Å². The molecule has 0 unspecified atom stereocenters. The first-order valence-electron chi connectivity index (χ1n) is 12.3. The fourth-order valence-electron chi connectivity index (χ4n) is 4.11. The number of rotatable bonds is 10. The third-order valence-corrected chi connectivity index (χ3v) is 6.17. The summed E-state index contributed by atoms with van der Waals surface area (Å²) < 4.78 is 44.3. The summed E-state index contributed by atoms with van der Waals surface area (Å²) in [5.74, 6) is 0.357. The number of amides is 1. The van der Waals surface area contributed by atoms with Crippen LogP contribution < -0.4 is 20.3 Å². The Morgan fingerprint density at radius 1 is 1.00 bits per heavy atom. The lowest BCUT2D eigenvalue weighted by Crippen LogP contribution is -2.38. The highest BCUT2D eigenvalue weighted by atomic mass is 19.4. The van der Waals surface area contributed by atoms with E-state index in [0.717, 1.165) is 55.7 Å². The Bertz CT molecular complexity index is 1120. The van der Waals surface area contributed by atoms with Crippen molar-refractivity contribution in [3.63, 3.8) is 0 Å². The molecule has 1 fully saturated rings. The average molecular weight is 514 g/mol. The molecule has 4 rings (SSSR count). The van der Waals surface area contributed by atoms with Crippen LogP contribution in [0.2, 0.25) is 0 Å². The summed E-state index contributed by atoms with van der Waals surface area (Å²) in [7, 11) is 0. The van der Waals surface area contributed by atoms with E-state index in [-0.39, 0.29) is 12.0 Å². The van der Waals surface area contributed by atoms with E-state index >= 15 is 0 Å². The molecule has 0 aliphatic carbocycles. The largest absolute Gasteiger partial charge is 0.489 e. The molecule has 3 heterocycles. The fraction of sp³-hybridized carbons (Fsp3) is 0.370. The molecule has 1 aromatic carbocycles. The van der Waals surface area contributed by atoms with Crippen molar-refractivity contribution in [2.75, 3.05) is 31.1 Å². The molecule has 0 atom stereocenters. The maximum atomic E-state index is 12.8. The van der Waals surface area contributed by atoms with Gasteiger partial charge in [-0.25, -0.2) is 4.98 Å².